The first-order valence-electron chi connectivity index (χ1n) is 5.77. The fourth-order valence-electron chi connectivity index (χ4n) is 1.77. The number of oxazole rings is 1. The maximum atomic E-state index is 11.4. The first-order valence-corrected chi connectivity index (χ1v) is 5.77. The molecule has 0 aliphatic carbocycles. The SMILES string of the molecule is Cc1noc(=O)n1Cc1coc(-c2ccccc2)n1. The Hall–Kier alpha value is -2.63. The number of hydrogen-bond acceptors (Lipinski definition) is 5. The minimum atomic E-state index is -0.498. The van der Waals surface area contributed by atoms with E-state index in [1.807, 2.05) is 30.3 Å². The van der Waals surface area contributed by atoms with Gasteiger partial charge in [-0.15, -0.1) is 0 Å². The zero-order chi connectivity index (χ0) is 13.2. The molecule has 0 atom stereocenters. The van der Waals surface area contributed by atoms with E-state index in [4.69, 9.17) is 4.42 Å². The van der Waals surface area contributed by atoms with E-state index in [0.717, 1.165) is 5.56 Å². The molecule has 0 unspecified atom stereocenters. The minimum absolute atomic E-state index is 0.282. The summed E-state index contributed by atoms with van der Waals surface area (Å²) < 4.78 is 11.4. The van der Waals surface area contributed by atoms with E-state index < -0.39 is 5.76 Å². The van der Waals surface area contributed by atoms with E-state index in [1.54, 1.807) is 6.92 Å². The van der Waals surface area contributed by atoms with Gasteiger partial charge < -0.3 is 4.42 Å². The largest absolute Gasteiger partial charge is 0.444 e. The van der Waals surface area contributed by atoms with E-state index in [0.29, 0.717) is 17.4 Å². The number of rotatable bonds is 3. The molecule has 0 fully saturated rings. The van der Waals surface area contributed by atoms with Crippen molar-refractivity contribution in [2.75, 3.05) is 0 Å². The maximum absolute atomic E-state index is 11.4. The lowest BCUT2D eigenvalue weighted by atomic mass is 10.2. The monoisotopic (exact) mass is 257 g/mol. The van der Waals surface area contributed by atoms with Crippen LogP contribution in [0.15, 0.2) is 50.3 Å². The molecule has 0 spiro atoms. The summed E-state index contributed by atoms with van der Waals surface area (Å²) in [4.78, 5) is 15.7. The van der Waals surface area contributed by atoms with E-state index in [9.17, 15) is 4.79 Å². The summed E-state index contributed by atoms with van der Waals surface area (Å²) in [6.07, 6.45) is 1.53. The van der Waals surface area contributed by atoms with Gasteiger partial charge in [-0.25, -0.2) is 9.78 Å². The maximum Gasteiger partial charge on any atom is 0.441 e. The Morgan fingerprint density at radius 1 is 1.26 bits per heavy atom. The Morgan fingerprint density at radius 3 is 2.74 bits per heavy atom. The molecule has 3 rings (SSSR count). The van der Waals surface area contributed by atoms with Gasteiger partial charge in [0.05, 0.1) is 12.2 Å². The third-order valence-corrected chi connectivity index (χ3v) is 2.76. The molecular weight excluding hydrogens is 246 g/mol. The number of benzene rings is 1. The molecule has 0 saturated carbocycles. The summed E-state index contributed by atoms with van der Waals surface area (Å²) in [6, 6.07) is 9.56. The van der Waals surface area contributed by atoms with Gasteiger partial charge >= 0.3 is 5.76 Å². The summed E-state index contributed by atoms with van der Waals surface area (Å²) in [5.74, 6) is 0.536. The zero-order valence-corrected chi connectivity index (χ0v) is 10.2. The van der Waals surface area contributed by atoms with E-state index >= 15 is 0 Å². The van der Waals surface area contributed by atoms with Crippen LogP contribution in [0.25, 0.3) is 11.5 Å². The topological polar surface area (TPSA) is 74.1 Å². The van der Waals surface area contributed by atoms with Gasteiger partial charge in [-0.1, -0.05) is 23.4 Å². The Kier molecular flexibility index (Phi) is 2.75. The van der Waals surface area contributed by atoms with Gasteiger partial charge in [0, 0.05) is 5.56 Å². The lowest BCUT2D eigenvalue weighted by Gasteiger charge is -1.96. The van der Waals surface area contributed by atoms with Crippen LogP contribution in [0.3, 0.4) is 0 Å². The molecule has 6 heteroatoms. The Balaban J connectivity index is 1.89. The summed E-state index contributed by atoms with van der Waals surface area (Å²) in [7, 11) is 0. The number of aryl methyl sites for hydroxylation is 1. The smallest absolute Gasteiger partial charge is 0.441 e. The van der Waals surface area contributed by atoms with Gasteiger partial charge in [-0.2, -0.15) is 0 Å². The highest BCUT2D eigenvalue weighted by molar-refractivity contribution is 5.52. The molecule has 0 saturated heterocycles. The van der Waals surface area contributed by atoms with Crippen LogP contribution in [0, 0.1) is 6.92 Å². The molecule has 3 aromatic rings. The quantitative estimate of drug-likeness (QED) is 0.715. The van der Waals surface area contributed by atoms with Crippen LogP contribution in [0.5, 0.6) is 0 Å². The van der Waals surface area contributed by atoms with Gasteiger partial charge in [0.2, 0.25) is 5.89 Å². The predicted octanol–water partition coefficient (Wildman–Crippen LogP) is 1.85. The molecule has 6 nitrogen and oxygen atoms in total. The number of aromatic nitrogens is 3. The Morgan fingerprint density at radius 2 is 2.05 bits per heavy atom. The molecule has 0 bridgehead atoms. The van der Waals surface area contributed by atoms with Crippen molar-refractivity contribution in [3.05, 3.63) is 58.7 Å². The van der Waals surface area contributed by atoms with Crippen LogP contribution in [-0.4, -0.2) is 14.7 Å². The Labute approximate surface area is 108 Å². The minimum Gasteiger partial charge on any atom is -0.444 e. The normalized spacial score (nSPS) is 10.8. The second-order valence-electron chi connectivity index (χ2n) is 4.09. The first kappa shape index (κ1) is 11.5. The van der Waals surface area contributed by atoms with Crippen molar-refractivity contribution in [2.45, 2.75) is 13.5 Å². The van der Waals surface area contributed by atoms with Crippen molar-refractivity contribution in [3.63, 3.8) is 0 Å². The highest BCUT2D eigenvalue weighted by atomic mass is 16.5. The van der Waals surface area contributed by atoms with Crippen molar-refractivity contribution in [2.24, 2.45) is 0 Å². The Bertz CT molecular complexity index is 740. The zero-order valence-electron chi connectivity index (χ0n) is 10.2. The van der Waals surface area contributed by atoms with Crippen molar-refractivity contribution >= 4 is 0 Å². The van der Waals surface area contributed by atoms with Crippen LogP contribution in [0.2, 0.25) is 0 Å². The van der Waals surface area contributed by atoms with Gasteiger partial charge in [0.1, 0.15) is 6.26 Å². The van der Waals surface area contributed by atoms with Crippen LogP contribution < -0.4 is 5.76 Å². The molecule has 0 radical (unpaired) electrons. The third kappa shape index (κ3) is 2.20. The van der Waals surface area contributed by atoms with Crippen molar-refractivity contribution < 1.29 is 8.94 Å². The van der Waals surface area contributed by atoms with Crippen LogP contribution in [0.4, 0.5) is 0 Å². The summed E-state index contributed by atoms with van der Waals surface area (Å²) >= 11 is 0. The molecular formula is C13H11N3O3. The van der Waals surface area contributed by atoms with Crippen LogP contribution in [0.1, 0.15) is 11.5 Å². The molecule has 0 aliphatic heterocycles. The first-order chi connectivity index (χ1) is 9.24. The highest BCUT2D eigenvalue weighted by Crippen LogP contribution is 2.18. The van der Waals surface area contributed by atoms with Gasteiger partial charge in [-0.05, 0) is 19.1 Å². The summed E-state index contributed by atoms with van der Waals surface area (Å²) in [5, 5.41) is 3.59. The molecule has 19 heavy (non-hydrogen) atoms. The molecule has 1 aromatic carbocycles. The van der Waals surface area contributed by atoms with Crippen molar-refractivity contribution in [3.8, 4) is 11.5 Å². The molecule has 0 N–H and O–H groups in total. The van der Waals surface area contributed by atoms with Crippen LogP contribution >= 0.6 is 0 Å². The van der Waals surface area contributed by atoms with E-state index in [2.05, 4.69) is 14.7 Å². The molecule has 96 valence electrons. The summed E-state index contributed by atoms with van der Waals surface area (Å²) in [5.41, 5.74) is 1.54. The fourth-order valence-corrected chi connectivity index (χ4v) is 1.77. The van der Waals surface area contributed by atoms with Gasteiger partial charge in [0.25, 0.3) is 0 Å². The molecule has 0 aliphatic rings. The van der Waals surface area contributed by atoms with Crippen molar-refractivity contribution in [1.82, 2.24) is 14.7 Å². The lowest BCUT2D eigenvalue weighted by Crippen LogP contribution is -2.16. The van der Waals surface area contributed by atoms with E-state index in [-0.39, 0.29) is 6.54 Å². The molecule has 2 heterocycles. The molecule has 2 aromatic heterocycles. The highest BCUT2D eigenvalue weighted by Gasteiger charge is 2.11. The average Bonchev–Trinajstić information content (AvgIpc) is 3.02. The number of hydrogen-bond donors (Lipinski definition) is 0. The predicted molar refractivity (Wildman–Crippen MR) is 66.5 cm³/mol. The van der Waals surface area contributed by atoms with Crippen LogP contribution in [-0.2, 0) is 6.54 Å². The third-order valence-electron chi connectivity index (χ3n) is 2.76. The lowest BCUT2D eigenvalue weighted by molar-refractivity contribution is 0.375. The second-order valence-corrected chi connectivity index (χ2v) is 4.09. The number of nitrogens with zero attached hydrogens (tertiary/aromatic N) is 3. The van der Waals surface area contributed by atoms with E-state index in [1.165, 1.54) is 10.8 Å². The van der Waals surface area contributed by atoms with Gasteiger partial charge in [-0.3, -0.25) is 9.09 Å². The van der Waals surface area contributed by atoms with Gasteiger partial charge in [0.15, 0.2) is 5.82 Å². The molecule has 0 amide bonds. The summed E-state index contributed by atoms with van der Waals surface area (Å²) in [6.45, 7) is 1.98. The second kappa shape index (κ2) is 4.56. The average molecular weight is 257 g/mol. The van der Waals surface area contributed by atoms with Crippen molar-refractivity contribution in [1.29, 1.82) is 0 Å². The standard InChI is InChI=1S/C13H11N3O3/c1-9-15-19-13(17)16(9)7-11-8-18-12(14-11)10-5-3-2-4-6-10/h2-6,8H,7H2,1H3. The fraction of sp³-hybridized carbons (Fsp3) is 0.154.